The fourth-order valence-corrected chi connectivity index (χ4v) is 3.36. The predicted octanol–water partition coefficient (Wildman–Crippen LogP) is 7.04. The Morgan fingerprint density at radius 1 is 0.667 bits per heavy atom. The average Bonchev–Trinajstić information content (AvgIpc) is 2.63. The van der Waals surface area contributed by atoms with Crippen molar-refractivity contribution >= 4 is 11.9 Å². The fraction of sp³-hybridized carbons (Fsp3) is 0.913. The number of carboxylic acid groups (broad SMARTS) is 1. The molecular formula is C23H44O4. The maximum absolute atomic E-state index is 12.1. The third-order valence-corrected chi connectivity index (χ3v) is 5.08. The molecule has 0 spiro atoms. The Kier molecular flexibility index (Phi) is 18.9. The second kappa shape index (κ2) is 19.7. The van der Waals surface area contributed by atoms with Gasteiger partial charge in [0.25, 0.3) is 0 Å². The summed E-state index contributed by atoms with van der Waals surface area (Å²) in [5.74, 6) is -0.866. The zero-order valence-electron chi connectivity index (χ0n) is 18.0. The minimum Gasteiger partial charge on any atom is -0.481 e. The van der Waals surface area contributed by atoms with Crippen LogP contribution in [0.25, 0.3) is 0 Å². The number of aliphatic carboxylic acids is 1. The molecule has 0 bridgehead atoms. The third-order valence-electron chi connectivity index (χ3n) is 5.08. The van der Waals surface area contributed by atoms with Gasteiger partial charge in [0.2, 0.25) is 0 Å². The Morgan fingerprint density at radius 2 is 1.11 bits per heavy atom. The molecule has 0 amide bonds. The van der Waals surface area contributed by atoms with E-state index in [9.17, 15) is 9.59 Å². The number of hydrogen-bond acceptors (Lipinski definition) is 3. The number of hydrogen-bond donors (Lipinski definition) is 1. The standard InChI is InChI=1S/C23H44O4/c1-3-5-7-9-11-14-18-21(17-13-10-8-6-4-2)27-23(26)20-16-12-15-19-22(24)25/h21H,3-20H2,1-2H3,(H,24,25). The van der Waals surface area contributed by atoms with Crippen LogP contribution in [-0.4, -0.2) is 23.1 Å². The van der Waals surface area contributed by atoms with Crippen molar-refractivity contribution in [2.45, 2.75) is 136 Å². The molecule has 4 nitrogen and oxygen atoms in total. The number of unbranched alkanes of at least 4 members (excludes halogenated alkanes) is 11. The van der Waals surface area contributed by atoms with Gasteiger partial charge in [-0.05, 0) is 38.5 Å². The van der Waals surface area contributed by atoms with E-state index in [-0.39, 0.29) is 18.5 Å². The first-order valence-corrected chi connectivity index (χ1v) is 11.5. The van der Waals surface area contributed by atoms with Gasteiger partial charge in [-0.1, -0.05) is 78.1 Å². The lowest BCUT2D eigenvalue weighted by Crippen LogP contribution is -2.18. The van der Waals surface area contributed by atoms with Gasteiger partial charge in [-0.25, -0.2) is 0 Å². The molecule has 1 unspecified atom stereocenters. The van der Waals surface area contributed by atoms with Crippen LogP contribution in [0.1, 0.15) is 129 Å². The Morgan fingerprint density at radius 3 is 1.63 bits per heavy atom. The quantitative estimate of drug-likeness (QED) is 0.180. The molecule has 0 aromatic heterocycles. The monoisotopic (exact) mass is 384 g/mol. The second-order valence-electron chi connectivity index (χ2n) is 7.83. The normalized spacial score (nSPS) is 12.1. The van der Waals surface area contributed by atoms with Crippen LogP contribution < -0.4 is 0 Å². The SMILES string of the molecule is CCCCCCCCC(CCCCCCC)OC(=O)CCCCCC(=O)O. The van der Waals surface area contributed by atoms with Gasteiger partial charge < -0.3 is 9.84 Å². The highest BCUT2D eigenvalue weighted by Gasteiger charge is 2.14. The molecule has 0 aromatic carbocycles. The summed E-state index contributed by atoms with van der Waals surface area (Å²) in [6.45, 7) is 4.45. The number of carbonyl (C=O) groups is 2. The topological polar surface area (TPSA) is 63.6 Å². The molecule has 0 fully saturated rings. The van der Waals surface area contributed by atoms with Crippen LogP contribution in [0.15, 0.2) is 0 Å². The highest BCUT2D eigenvalue weighted by molar-refractivity contribution is 5.69. The average molecular weight is 385 g/mol. The van der Waals surface area contributed by atoms with Gasteiger partial charge >= 0.3 is 11.9 Å². The third kappa shape index (κ3) is 19.5. The first-order chi connectivity index (χ1) is 13.1. The molecule has 0 heterocycles. The lowest BCUT2D eigenvalue weighted by atomic mass is 10.0. The minimum atomic E-state index is -0.764. The fourth-order valence-electron chi connectivity index (χ4n) is 3.36. The second-order valence-corrected chi connectivity index (χ2v) is 7.83. The van der Waals surface area contributed by atoms with Crippen molar-refractivity contribution in [3.8, 4) is 0 Å². The van der Waals surface area contributed by atoms with Crippen molar-refractivity contribution in [3.05, 3.63) is 0 Å². The van der Waals surface area contributed by atoms with Gasteiger partial charge in [0, 0.05) is 12.8 Å². The highest BCUT2D eigenvalue weighted by Crippen LogP contribution is 2.17. The summed E-state index contributed by atoms with van der Waals surface area (Å²) in [6, 6.07) is 0. The highest BCUT2D eigenvalue weighted by atomic mass is 16.5. The number of rotatable bonds is 20. The van der Waals surface area contributed by atoms with E-state index < -0.39 is 5.97 Å². The molecule has 0 saturated heterocycles. The largest absolute Gasteiger partial charge is 0.481 e. The first kappa shape index (κ1) is 25.9. The van der Waals surface area contributed by atoms with Crippen molar-refractivity contribution in [1.82, 2.24) is 0 Å². The van der Waals surface area contributed by atoms with Gasteiger partial charge in [-0.2, -0.15) is 0 Å². The van der Waals surface area contributed by atoms with Crippen molar-refractivity contribution in [1.29, 1.82) is 0 Å². The molecule has 1 N–H and O–H groups in total. The number of carbonyl (C=O) groups excluding carboxylic acids is 1. The Balaban J connectivity index is 4.02. The van der Waals surface area contributed by atoms with Crippen LogP contribution in [0.5, 0.6) is 0 Å². The first-order valence-electron chi connectivity index (χ1n) is 11.5. The molecular weight excluding hydrogens is 340 g/mol. The molecule has 0 rings (SSSR count). The van der Waals surface area contributed by atoms with E-state index in [4.69, 9.17) is 9.84 Å². The Labute approximate surface area is 167 Å². The smallest absolute Gasteiger partial charge is 0.306 e. The van der Waals surface area contributed by atoms with Gasteiger partial charge in [0.1, 0.15) is 6.10 Å². The number of carboxylic acids is 1. The van der Waals surface area contributed by atoms with E-state index >= 15 is 0 Å². The molecule has 0 aliphatic heterocycles. The molecule has 0 aliphatic rings. The van der Waals surface area contributed by atoms with Crippen LogP contribution in [0.3, 0.4) is 0 Å². The van der Waals surface area contributed by atoms with Crippen LogP contribution in [0, 0.1) is 0 Å². The van der Waals surface area contributed by atoms with Gasteiger partial charge in [0.05, 0.1) is 0 Å². The summed E-state index contributed by atoms with van der Waals surface area (Å²) < 4.78 is 5.76. The molecule has 4 heteroatoms. The maximum atomic E-state index is 12.1. The zero-order valence-corrected chi connectivity index (χ0v) is 18.0. The van der Waals surface area contributed by atoms with Gasteiger partial charge in [-0.15, -0.1) is 0 Å². The number of ether oxygens (including phenoxy) is 1. The molecule has 0 aliphatic carbocycles. The van der Waals surface area contributed by atoms with E-state index in [0.29, 0.717) is 12.8 Å². The molecule has 0 radical (unpaired) electrons. The number of esters is 1. The molecule has 1 atom stereocenters. The molecule has 0 aromatic rings. The lowest BCUT2D eigenvalue weighted by Gasteiger charge is -2.18. The van der Waals surface area contributed by atoms with E-state index in [2.05, 4.69) is 13.8 Å². The molecule has 160 valence electrons. The molecule has 27 heavy (non-hydrogen) atoms. The van der Waals surface area contributed by atoms with Gasteiger partial charge in [-0.3, -0.25) is 9.59 Å². The summed E-state index contributed by atoms with van der Waals surface area (Å²) in [5, 5.41) is 8.64. The summed E-state index contributed by atoms with van der Waals surface area (Å²) in [5.41, 5.74) is 0. The van der Waals surface area contributed by atoms with E-state index in [1.807, 2.05) is 0 Å². The van der Waals surface area contributed by atoms with Crippen molar-refractivity contribution in [2.75, 3.05) is 0 Å². The van der Waals surface area contributed by atoms with Crippen LogP contribution in [0.2, 0.25) is 0 Å². The van der Waals surface area contributed by atoms with E-state index in [1.54, 1.807) is 0 Å². The van der Waals surface area contributed by atoms with Crippen LogP contribution >= 0.6 is 0 Å². The van der Waals surface area contributed by atoms with Crippen molar-refractivity contribution in [3.63, 3.8) is 0 Å². The maximum Gasteiger partial charge on any atom is 0.306 e. The minimum absolute atomic E-state index is 0.0734. The lowest BCUT2D eigenvalue weighted by molar-refractivity contribution is -0.150. The van der Waals surface area contributed by atoms with Crippen LogP contribution in [-0.2, 0) is 14.3 Å². The van der Waals surface area contributed by atoms with E-state index in [0.717, 1.165) is 38.5 Å². The predicted molar refractivity (Wildman–Crippen MR) is 112 cm³/mol. The Bertz CT molecular complexity index is 354. The van der Waals surface area contributed by atoms with Crippen molar-refractivity contribution < 1.29 is 19.4 Å². The zero-order chi connectivity index (χ0) is 20.2. The van der Waals surface area contributed by atoms with Gasteiger partial charge in [0.15, 0.2) is 0 Å². The van der Waals surface area contributed by atoms with E-state index in [1.165, 1.54) is 57.8 Å². The van der Waals surface area contributed by atoms with Crippen molar-refractivity contribution in [2.24, 2.45) is 0 Å². The molecule has 0 saturated carbocycles. The summed E-state index contributed by atoms with van der Waals surface area (Å²) in [4.78, 5) is 22.6. The summed E-state index contributed by atoms with van der Waals surface area (Å²) in [6.07, 6.45) is 18.6. The Hall–Kier alpha value is -1.06. The summed E-state index contributed by atoms with van der Waals surface area (Å²) >= 11 is 0. The van der Waals surface area contributed by atoms with Crippen LogP contribution in [0.4, 0.5) is 0 Å². The summed E-state index contributed by atoms with van der Waals surface area (Å²) in [7, 11) is 0.